The van der Waals surface area contributed by atoms with Crippen molar-refractivity contribution < 1.29 is 4.79 Å². The van der Waals surface area contributed by atoms with Crippen LogP contribution in [-0.2, 0) is 11.2 Å². The van der Waals surface area contributed by atoms with Gasteiger partial charge in [-0.2, -0.15) is 5.10 Å². The highest BCUT2D eigenvalue weighted by atomic mass is 16.1. The molecule has 1 aliphatic rings. The summed E-state index contributed by atoms with van der Waals surface area (Å²) < 4.78 is 2.03. The fourth-order valence-electron chi connectivity index (χ4n) is 3.33. The second-order valence-electron chi connectivity index (χ2n) is 6.18. The first-order valence-electron chi connectivity index (χ1n) is 8.28. The van der Waals surface area contributed by atoms with Crippen LogP contribution in [0.15, 0.2) is 12.3 Å². The summed E-state index contributed by atoms with van der Waals surface area (Å²) in [7, 11) is 0. The van der Waals surface area contributed by atoms with Gasteiger partial charge in [-0.3, -0.25) is 9.48 Å². The molecule has 0 aliphatic heterocycles. The van der Waals surface area contributed by atoms with Crippen LogP contribution in [0, 0.1) is 5.92 Å². The number of carbonyl (C=O) groups is 1. The number of Topliss-reactive ketones (excluding diaryl/α,β-unsaturated/α-hetero) is 1. The Balaban J connectivity index is 1.84. The second kappa shape index (κ2) is 7.61. The number of carbonyl (C=O) groups excluding carboxylic acids is 1. The van der Waals surface area contributed by atoms with E-state index in [9.17, 15) is 4.79 Å². The van der Waals surface area contributed by atoms with Crippen LogP contribution in [-0.4, -0.2) is 15.6 Å². The Morgan fingerprint density at radius 3 is 2.65 bits per heavy atom. The SMILES string of the molecule is CCC(CC)n1ccc(CC(=O)CC2CCCCC2)n1. The van der Waals surface area contributed by atoms with Gasteiger partial charge in [-0.1, -0.05) is 46.0 Å². The quantitative estimate of drug-likeness (QED) is 0.743. The van der Waals surface area contributed by atoms with E-state index < -0.39 is 0 Å². The molecule has 112 valence electrons. The fourth-order valence-corrected chi connectivity index (χ4v) is 3.33. The van der Waals surface area contributed by atoms with Gasteiger partial charge in [0.25, 0.3) is 0 Å². The molecule has 0 spiro atoms. The van der Waals surface area contributed by atoms with Crippen molar-refractivity contribution in [1.82, 2.24) is 9.78 Å². The normalized spacial score (nSPS) is 16.8. The Hall–Kier alpha value is -1.12. The molecule has 20 heavy (non-hydrogen) atoms. The summed E-state index contributed by atoms with van der Waals surface area (Å²) in [5, 5.41) is 4.58. The first-order chi connectivity index (χ1) is 9.72. The van der Waals surface area contributed by atoms with Crippen LogP contribution >= 0.6 is 0 Å². The fraction of sp³-hybridized carbons (Fsp3) is 0.765. The maximum Gasteiger partial charge on any atom is 0.139 e. The Morgan fingerprint density at radius 1 is 1.30 bits per heavy atom. The lowest BCUT2D eigenvalue weighted by Crippen LogP contribution is -2.14. The van der Waals surface area contributed by atoms with E-state index in [1.807, 2.05) is 16.9 Å². The summed E-state index contributed by atoms with van der Waals surface area (Å²) in [6.07, 6.45) is 11.9. The molecule has 1 heterocycles. The van der Waals surface area contributed by atoms with Gasteiger partial charge >= 0.3 is 0 Å². The van der Waals surface area contributed by atoms with Crippen LogP contribution in [0.2, 0.25) is 0 Å². The third-order valence-corrected chi connectivity index (χ3v) is 4.60. The predicted octanol–water partition coefficient (Wildman–Crippen LogP) is 4.33. The molecule has 2 rings (SSSR count). The summed E-state index contributed by atoms with van der Waals surface area (Å²) in [6.45, 7) is 4.37. The number of hydrogen-bond donors (Lipinski definition) is 0. The smallest absolute Gasteiger partial charge is 0.139 e. The Kier molecular flexibility index (Phi) is 5.81. The van der Waals surface area contributed by atoms with Crippen LogP contribution in [0.3, 0.4) is 0 Å². The van der Waals surface area contributed by atoms with Gasteiger partial charge in [-0.25, -0.2) is 0 Å². The van der Waals surface area contributed by atoms with E-state index in [0.29, 0.717) is 24.2 Å². The van der Waals surface area contributed by atoms with Crippen molar-refractivity contribution in [2.45, 2.75) is 77.7 Å². The zero-order valence-electron chi connectivity index (χ0n) is 13.0. The third-order valence-electron chi connectivity index (χ3n) is 4.60. The molecular weight excluding hydrogens is 248 g/mol. The van der Waals surface area contributed by atoms with Crippen LogP contribution in [0.1, 0.15) is 76.9 Å². The summed E-state index contributed by atoms with van der Waals surface area (Å²) in [5.41, 5.74) is 0.942. The Morgan fingerprint density at radius 2 is 2.00 bits per heavy atom. The van der Waals surface area contributed by atoms with E-state index in [1.165, 1.54) is 32.1 Å². The van der Waals surface area contributed by atoms with Gasteiger partial charge in [0.1, 0.15) is 5.78 Å². The molecule has 0 radical (unpaired) electrons. The largest absolute Gasteiger partial charge is 0.299 e. The second-order valence-corrected chi connectivity index (χ2v) is 6.18. The topological polar surface area (TPSA) is 34.9 Å². The van der Waals surface area contributed by atoms with Crippen molar-refractivity contribution in [3.8, 4) is 0 Å². The average molecular weight is 276 g/mol. The Labute approximate surface area is 122 Å². The molecule has 0 bridgehead atoms. The van der Waals surface area contributed by atoms with E-state index >= 15 is 0 Å². The molecule has 1 aliphatic carbocycles. The molecule has 0 N–H and O–H groups in total. The lowest BCUT2D eigenvalue weighted by Gasteiger charge is -2.20. The minimum Gasteiger partial charge on any atom is -0.299 e. The molecule has 0 amide bonds. The highest BCUT2D eigenvalue weighted by Crippen LogP contribution is 2.26. The molecule has 0 atom stereocenters. The maximum absolute atomic E-state index is 12.1. The highest BCUT2D eigenvalue weighted by Gasteiger charge is 2.18. The third kappa shape index (κ3) is 4.19. The van der Waals surface area contributed by atoms with E-state index in [0.717, 1.165) is 25.0 Å². The van der Waals surface area contributed by atoms with Gasteiger partial charge < -0.3 is 0 Å². The molecule has 1 saturated carbocycles. The summed E-state index contributed by atoms with van der Waals surface area (Å²) in [4.78, 5) is 12.1. The molecule has 1 aromatic rings. The minimum atomic E-state index is 0.367. The molecule has 3 nitrogen and oxygen atoms in total. The van der Waals surface area contributed by atoms with Gasteiger partial charge in [0.15, 0.2) is 0 Å². The van der Waals surface area contributed by atoms with Crippen LogP contribution < -0.4 is 0 Å². The van der Waals surface area contributed by atoms with Crippen molar-refractivity contribution in [1.29, 1.82) is 0 Å². The standard InChI is InChI=1S/C17H28N2O/c1-3-16(4-2)19-11-10-15(18-19)13-17(20)12-14-8-6-5-7-9-14/h10-11,14,16H,3-9,12-13H2,1-2H3. The molecule has 0 unspecified atom stereocenters. The molecule has 3 heteroatoms. The number of nitrogens with zero attached hydrogens (tertiary/aromatic N) is 2. The zero-order valence-corrected chi connectivity index (χ0v) is 13.0. The summed E-state index contributed by atoms with van der Waals surface area (Å²) >= 11 is 0. The van der Waals surface area contributed by atoms with Crippen molar-refractivity contribution in [3.63, 3.8) is 0 Å². The van der Waals surface area contributed by atoms with Gasteiger partial charge in [-0.05, 0) is 24.8 Å². The lowest BCUT2D eigenvalue weighted by molar-refractivity contribution is -0.119. The molecule has 0 saturated heterocycles. The lowest BCUT2D eigenvalue weighted by atomic mass is 9.85. The van der Waals surface area contributed by atoms with Crippen LogP contribution in [0.25, 0.3) is 0 Å². The summed E-state index contributed by atoms with van der Waals surface area (Å²) in [5.74, 6) is 1.00. The van der Waals surface area contributed by atoms with Gasteiger partial charge in [0, 0.05) is 12.6 Å². The van der Waals surface area contributed by atoms with Gasteiger partial charge in [0.2, 0.25) is 0 Å². The van der Waals surface area contributed by atoms with Crippen molar-refractivity contribution >= 4 is 5.78 Å². The van der Waals surface area contributed by atoms with Crippen LogP contribution in [0.4, 0.5) is 0 Å². The number of hydrogen-bond acceptors (Lipinski definition) is 2. The highest BCUT2D eigenvalue weighted by molar-refractivity contribution is 5.80. The predicted molar refractivity (Wildman–Crippen MR) is 81.7 cm³/mol. The number of rotatable bonds is 7. The number of aromatic nitrogens is 2. The molecular formula is C17H28N2O. The molecule has 1 fully saturated rings. The Bertz CT molecular complexity index is 414. The minimum absolute atomic E-state index is 0.367. The maximum atomic E-state index is 12.1. The van der Waals surface area contributed by atoms with Gasteiger partial charge in [0.05, 0.1) is 18.2 Å². The molecule has 1 aromatic heterocycles. The zero-order chi connectivity index (χ0) is 14.4. The van der Waals surface area contributed by atoms with E-state index in [1.54, 1.807) is 0 Å². The van der Waals surface area contributed by atoms with E-state index in [-0.39, 0.29) is 0 Å². The van der Waals surface area contributed by atoms with E-state index in [2.05, 4.69) is 18.9 Å². The van der Waals surface area contributed by atoms with Crippen molar-refractivity contribution in [3.05, 3.63) is 18.0 Å². The number of ketones is 1. The first-order valence-corrected chi connectivity index (χ1v) is 8.28. The van der Waals surface area contributed by atoms with Crippen molar-refractivity contribution in [2.75, 3.05) is 0 Å². The van der Waals surface area contributed by atoms with Crippen molar-refractivity contribution in [2.24, 2.45) is 5.92 Å². The van der Waals surface area contributed by atoms with Crippen LogP contribution in [0.5, 0.6) is 0 Å². The first kappa shape index (κ1) is 15.3. The van der Waals surface area contributed by atoms with E-state index in [4.69, 9.17) is 0 Å². The van der Waals surface area contributed by atoms with Gasteiger partial charge in [-0.15, -0.1) is 0 Å². The molecule has 0 aromatic carbocycles. The average Bonchev–Trinajstić information content (AvgIpc) is 2.89. The summed E-state index contributed by atoms with van der Waals surface area (Å²) in [6, 6.07) is 2.48. The monoisotopic (exact) mass is 276 g/mol.